The average molecular weight is 638 g/mol. The number of anilines is 3. The van der Waals surface area contributed by atoms with Gasteiger partial charge in [-0.2, -0.15) is 0 Å². The van der Waals surface area contributed by atoms with Crippen LogP contribution in [0.1, 0.15) is 60.9 Å². The summed E-state index contributed by atoms with van der Waals surface area (Å²) in [6.07, 6.45) is 0. The topological polar surface area (TPSA) is 37.4 Å². The van der Waals surface area contributed by atoms with Gasteiger partial charge in [0.15, 0.2) is 11.6 Å². The molecule has 0 atom stereocenters. The van der Waals surface area contributed by atoms with E-state index in [1.165, 1.54) is 5.56 Å². The SMILES string of the molecule is CC(=O)c1ccc2ccccc2c1-c1ccc(N(c2ccc(-c3c(C(C)=O)ccc4ccccc34)cc2)c2ccc(C(C)(C)C)cc2)cc1. The number of hydrogen-bond acceptors (Lipinski definition) is 3. The minimum Gasteiger partial charge on any atom is -0.311 e. The van der Waals surface area contributed by atoms with Crippen LogP contribution < -0.4 is 4.90 Å². The summed E-state index contributed by atoms with van der Waals surface area (Å²) in [5.41, 5.74) is 9.68. The van der Waals surface area contributed by atoms with Crippen LogP contribution in [-0.4, -0.2) is 11.6 Å². The minimum atomic E-state index is 0.0341. The summed E-state index contributed by atoms with van der Waals surface area (Å²) >= 11 is 0. The zero-order chi connectivity index (χ0) is 34.3. The van der Waals surface area contributed by atoms with Gasteiger partial charge in [0, 0.05) is 39.3 Å². The Morgan fingerprint density at radius 2 is 0.816 bits per heavy atom. The van der Waals surface area contributed by atoms with Crippen LogP contribution in [0.15, 0.2) is 146 Å². The zero-order valence-corrected chi connectivity index (χ0v) is 28.6. The third-order valence-corrected chi connectivity index (χ3v) is 9.44. The lowest BCUT2D eigenvalue weighted by molar-refractivity contribution is 0.101. The Bertz CT molecular complexity index is 2200. The van der Waals surface area contributed by atoms with Crippen LogP contribution in [0.5, 0.6) is 0 Å². The van der Waals surface area contributed by atoms with Crippen molar-refractivity contribution in [1.82, 2.24) is 0 Å². The molecule has 7 aromatic rings. The lowest BCUT2D eigenvalue weighted by atomic mass is 9.87. The fourth-order valence-corrected chi connectivity index (χ4v) is 6.86. The molecule has 0 saturated heterocycles. The molecule has 0 spiro atoms. The Kier molecular flexibility index (Phi) is 8.22. The molecule has 0 radical (unpaired) electrons. The normalized spacial score (nSPS) is 11.5. The monoisotopic (exact) mass is 637 g/mol. The summed E-state index contributed by atoms with van der Waals surface area (Å²) in [7, 11) is 0. The van der Waals surface area contributed by atoms with Gasteiger partial charge in [0.05, 0.1) is 0 Å². The fourth-order valence-electron chi connectivity index (χ4n) is 6.86. The van der Waals surface area contributed by atoms with E-state index in [4.69, 9.17) is 0 Å². The van der Waals surface area contributed by atoms with Gasteiger partial charge in [0.2, 0.25) is 0 Å². The standard InChI is InChI=1S/C46H39NO2/c1-30(48)40-28-18-32-10-6-8-12-42(32)44(40)34-14-22-37(23-15-34)47(39-26-20-36(21-27-39)46(3,4)5)38-24-16-35(17-25-38)45-41(31(2)49)29-19-33-11-7-9-13-43(33)45/h6-29H,1-5H3. The van der Waals surface area contributed by atoms with Crippen LogP contribution in [0, 0.1) is 0 Å². The summed E-state index contributed by atoms with van der Waals surface area (Å²) in [5.74, 6) is 0.0919. The molecule has 0 heterocycles. The van der Waals surface area contributed by atoms with Crippen LogP contribution in [-0.2, 0) is 5.41 Å². The number of fused-ring (bicyclic) bond motifs is 2. The molecule has 0 unspecified atom stereocenters. The predicted octanol–water partition coefficient (Wildman–Crippen LogP) is 12.5. The Morgan fingerprint density at radius 3 is 1.18 bits per heavy atom. The van der Waals surface area contributed by atoms with Gasteiger partial charge < -0.3 is 4.90 Å². The fraction of sp³-hybridized carbons (Fsp3) is 0.130. The Hall–Kier alpha value is -5.80. The second-order valence-corrected chi connectivity index (χ2v) is 13.8. The molecule has 0 amide bonds. The van der Waals surface area contributed by atoms with Crippen LogP contribution in [0.3, 0.4) is 0 Å². The summed E-state index contributed by atoms with van der Waals surface area (Å²) in [5, 5.41) is 4.33. The number of nitrogens with zero attached hydrogens (tertiary/aromatic N) is 1. The molecule has 0 aromatic heterocycles. The highest BCUT2D eigenvalue weighted by molar-refractivity contribution is 6.11. The van der Waals surface area contributed by atoms with Crippen molar-refractivity contribution in [1.29, 1.82) is 0 Å². The largest absolute Gasteiger partial charge is 0.311 e. The van der Waals surface area contributed by atoms with E-state index in [1.54, 1.807) is 13.8 Å². The second kappa shape index (κ2) is 12.7. The molecular weight excluding hydrogens is 599 g/mol. The number of hydrogen-bond donors (Lipinski definition) is 0. The highest BCUT2D eigenvalue weighted by Gasteiger charge is 2.19. The van der Waals surface area contributed by atoms with Crippen molar-refractivity contribution in [3.8, 4) is 22.3 Å². The first kappa shape index (κ1) is 31.8. The third kappa shape index (κ3) is 6.05. The summed E-state index contributed by atoms with van der Waals surface area (Å²) in [4.78, 5) is 27.8. The van der Waals surface area contributed by atoms with Crippen molar-refractivity contribution in [2.45, 2.75) is 40.0 Å². The van der Waals surface area contributed by atoms with E-state index in [0.717, 1.165) is 72.0 Å². The molecule has 0 fully saturated rings. The van der Waals surface area contributed by atoms with Gasteiger partial charge in [-0.05, 0) is 93.9 Å². The highest BCUT2D eigenvalue weighted by Crippen LogP contribution is 2.40. The molecule has 7 rings (SSSR count). The van der Waals surface area contributed by atoms with Crippen molar-refractivity contribution < 1.29 is 9.59 Å². The molecule has 7 aromatic carbocycles. The summed E-state index contributed by atoms with van der Waals surface area (Å²) in [6.45, 7) is 9.94. The average Bonchev–Trinajstić information content (AvgIpc) is 3.11. The quantitative estimate of drug-likeness (QED) is 0.163. The molecule has 0 N–H and O–H groups in total. The summed E-state index contributed by atoms with van der Waals surface area (Å²) < 4.78 is 0. The van der Waals surface area contributed by atoms with Crippen LogP contribution in [0.25, 0.3) is 43.8 Å². The van der Waals surface area contributed by atoms with E-state index >= 15 is 0 Å². The van der Waals surface area contributed by atoms with Crippen molar-refractivity contribution in [2.75, 3.05) is 4.90 Å². The maximum Gasteiger partial charge on any atom is 0.160 e. The smallest absolute Gasteiger partial charge is 0.160 e. The van der Waals surface area contributed by atoms with Gasteiger partial charge in [-0.3, -0.25) is 9.59 Å². The van der Waals surface area contributed by atoms with Gasteiger partial charge in [-0.15, -0.1) is 0 Å². The number of carbonyl (C=O) groups is 2. The van der Waals surface area contributed by atoms with E-state index in [1.807, 2.05) is 48.5 Å². The van der Waals surface area contributed by atoms with E-state index < -0.39 is 0 Å². The lowest BCUT2D eigenvalue weighted by Gasteiger charge is -2.27. The first-order valence-electron chi connectivity index (χ1n) is 16.8. The minimum absolute atomic E-state index is 0.0341. The van der Waals surface area contributed by atoms with Gasteiger partial charge in [0.1, 0.15) is 0 Å². The number of rotatable bonds is 7. The van der Waals surface area contributed by atoms with Crippen molar-refractivity contribution in [2.24, 2.45) is 0 Å². The molecule has 3 nitrogen and oxygen atoms in total. The van der Waals surface area contributed by atoms with Crippen LogP contribution in [0.4, 0.5) is 17.1 Å². The van der Waals surface area contributed by atoms with Crippen molar-refractivity contribution in [3.63, 3.8) is 0 Å². The number of Topliss-reactive ketones (excluding diaryl/α,β-unsaturated/α-hetero) is 2. The number of carbonyl (C=O) groups excluding carboxylic acids is 2. The zero-order valence-electron chi connectivity index (χ0n) is 28.6. The Morgan fingerprint density at radius 1 is 0.449 bits per heavy atom. The van der Waals surface area contributed by atoms with Gasteiger partial charge >= 0.3 is 0 Å². The molecule has 0 bridgehead atoms. The molecule has 240 valence electrons. The number of benzene rings is 7. The molecule has 49 heavy (non-hydrogen) atoms. The van der Waals surface area contributed by atoms with Crippen molar-refractivity contribution in [3.05, 3.63) is 162 Å². The van der Waals surface area contributed by atoms with Gasteiger partial charge in [0.25, 0.3) is 0 Å². The molecule has 0 saturated carbocycles. The molecule has 0 aliphatic rings. The van der Waals surface area contributed by atoms with Crippen molar-refractivity contribution >= 4 is 50.2 Å². The third-order valence-electron chi connectivity index (χ3n) is 9.44. The lowest BCUT2D eigenvalue weighted by Crippen LogP contribution is -2.13. The van der Waals surface area contributed by atoms with E-state index in [9.17, 15) is 9.59 Å². The molecule has 0 aliphatic heterocycles. The number of ketones is 2. The highest BCUT2D eigenvalue weighted by atomic mass is 16.1. The van der Waals surface area contributed by atoms with E-state index in [0.29, 0.717) is 0 Å². The Labute approximate surface area is 288 Å². The second-order valence-electron chi connectivity index (χ2n) is 13.8. The van der Waals surface area contributed by atoms with Gasteiger partial charge in [-0.25, -0.2) is 0 Å². The molecular formula is C46H39NO2. The van der Waals surface area contributed by atoms with Crippen LogP contribution >= 0.6 is 0 Å². The first-order chi connectivity index (χ1) is 23.6. The van der Waals surface area contributed by atoms with Crippen LogP contribution in [0.2, 0.25) is 0 Å². The molecule has 0 aliphatic carbocycles. The predicted molar refractivity (Wildman–Crippen MR) is 206 cm³/mol. The first-order valence-corrected chi connectivity index (χ1v) is 16.8. The van der Waals surface area contributed by atoms with E-state index in [-0.39, 0.29) is 17.0 Å². The van der Waals surface area contributed by atoms with E-state index in [2.05, 4.69) is 123 Å². The summed E-state index contributed by atoms with van der Waals surface area (Å²) in [6, 6.07) is 50.1. The molecule has 3 heteroatoms. The maximum absolute atomic E-state index is 12.8. The Balaban J connectivity index is 1.35. The maximum atomic E-state index is 12.8. The van der Waals surface area contributed by atoms with Gasteiger partial charge in [-0.1, -0.05) is 130 Å².